The lowest BCUT2D eigenvalue weighted by Crippen LogP contribution is -2.28. The number of ketones is 1. The number of carbonyl (C=O) groups is 2. The van der Waals surface area contributed by atoms with E-state index in [0.29, 0.717) is 10.7 Å². The molecule has 1 aliphatic heterocycles. The SMILES string of the molecule is COc1ccc(-n2nc(C)c3c2NC(=O)CC3C(=O)c2cccs2)cc1. The zero-order valence-electron chi connectivity index (χ0n) is 14.4. The molecule has 0 aliphatic carbocycles. The Morgan fingerprint density at radius 1 is 1.31 bits per heavy atom. The number of hydrogen-bond donors (Lipinski definition) is 1. The third-order valence-corrected chi connectivity index (χ3v) is 5.38. The van der Waals surface area contributed by atoms with Gasteiger partial charge in [-0.3, -0.25) is 9.59 Å². The Hall–Kier alpha value is -2.93. The summed E-state index contributed by atoms with van der Waals surface area (Å²) in [7, 11) is 1.61. The van der Waals surface area contributed by atoms with Crippen molar-refractivity contribution in [1.82, 2.24) is 9.78 Å². The Labute approximate surface area is 154 Å². The monoisotopic (exact) mass is 367 g/mol. The lowest BCUT2D eigenvalue weighted by Gasteiger charge is -2.22. The number of benzene rings is 1. The van der Waals surface area contributed by atoms with Crippen LogP contribution in [0.3, 0.4) is 0 Å². The Morgan fingerprint density at radius 3 is 2.73 bits per heavy atom. The lowest BCUT2D eigenvalue weighted by atomic mass is 9.87. The molecule has 132 valence electrons. The molecular weight excluding hydrogens is 350 g/mol. The van der Waals surface area contributed by atoms with Gasteiger partial charge in [-0.15, -0.1) is 11.3 Å². The van der Waals surface area contributed by atoms with Crippen LogP contribution < -0.4 is 10.1 Å². The number of amides is 1. The fourth-order valence-corrected chi connectivity index (χ4v) is 3.99. The van der Waals surface area contributed by atoms with Crippen molar-refractivity contribution < 1.29 is 14.3 Å². The first-order valence-corrected chi connectivity index (χ1v) is 9.08. The maximum absolute atomic E-state index is 12.9. The summed E-state index contributed by atoms with van der Waals surface area (Å²) in [5.74, 6) is 0.583. The maximum atomic E-state index is 12.9. The number of ether oxygens (including phenoxy) is 1. The molecule has 6 nitrogen and oxygen atoms in total. The number of thiophene rings is 1. The zero-order chi connectivity index (χ0) is 18.3. The van der Waals surface area contributed by atoms with Crippen molar-refractivity contribution in [2.24, 2.45) is 0 Å². The topological polar surface area (TPSA) is 73.2 Å². The van der Waals surface area contributed by atoms with Crippen LogP contribution in [0.1, 0.15) is 33.3 Å². The number of nitrogens with zero attached hydrogens (tertiary/aromatic N) is 2. The van der Waals surface area contributed by atoms with Crippen LogP contribution in [0.5, 0.6) is 5.75 Å². The van der Waals surface area contributed by atoms with Gasteiger partial charge in [0, 0.05) is 12.0 Å². The van der Waals surface area contributed by atoms with Crippen LogP contribution in [0, 0.1) is 6.92 Å². The molecule has 1 aliphatic rings. The Kier molecular flexibility index (Phi) is 4.08. The Morgan fingerprint density at radius 2 is 2.08 bits per heavy atom. The van der Waals surface area contributed by atoms with Crippen molar-refractivity contribution in [3.8, 4) is 11.4 Å². The van der Waals surface area contributed by atoms with Gasteiger partial charge in [0.05, 0.1) is 29.3 Å². The number of methoxy groups -OCH3 is 1. The predicted molar refractivity (Wildman–Crippen MR) is 99.5 cm³/mol. The largest absolute Gasteiger partial charge is 0.497 e. The molecule has 4 rings (SSSR count). The van der Waals surface area contributed by atoms with E-state index in [1.54, 1.807) is 17.9 Å². The van der Waals surface area contributed by atoms with Crippen molar-refractivity contribution in [3.05, 3.63) is 57.9 Å². The van der Waals surface area contributed by atoms with Crippen LogP contribution in [0.25, 0.3) is 5.69 Å². The molecule has 1 amide bonds. The highest BCUT2D eigenvalue weighted by molar-refractivity contribution is 7.12. The fourth-order valence-electron chi connectivity index (χ4n) is 3.27. The average Bonchev–Trinajstić information content (AvgIpc) is 3.29. The van der Waals surface area contributed by atoms with Gasteiger partial charge < -0.3 is 10.1 Å². The number of hydrogen-bond acceptors (Lipinski definition) is 5. The first-order valence-electron chi connectivity index (χ1n) is 8.20. The average molecular weight is 367 g/mol. The minimum Gasteiger partial charge on any atom is -0.497 e. The van der Waals surface area contributed by atoms with E-state index >= 15 is 0 Å². The maximum Gasteiger partial charge on any atom is 0.226 e. The third-order valence-electron chi connectivity index (χ3n) is 4.50. The number of fused-ring (bicyclic) bond motifs is 1. The van der Waals surface area contributed by atoms with Crippen LogP contribution in [0.15, 0.2) is 41.8 Å². The summed E-state index contributed by atoms with van der Waals surface area (Å²) >= 11 is 1.39. The molecule has 7 heteroatoms. The van der Waals surface area contributed by atoms with Crippen molar-refractivity contribution in [3.63, 3.8) is 0 Å². The number of aryl methyl sites for hydroxylation is 1. The second-order valence-electron chi connectivity index (χ2n) is 6.10. The molecule has 0 spiro atoms. The molecule has 26 heavy (non-hydrogen) atoms. The first kappa shape index (κ1) is 16.5. The number of carbonyl (C=O) groups excluding carboxylic acids is 2. The predicted octanol–water partition coefficient (Wildman–Crippen LogP) is 3.56. The quantitative estimate of drug-likeness (QED) is 0.716. The van der Waals surface area contributed by atoms with Crippen molar-refractivity contribution >= 4 is 28.8 Å². The van der Waals surface area contributed by atoms with Crippen LogP contribution in [0.2, 0.25) is 0 Å². The van der Waals surface area contributed by atoms with Crippen molar-refractivity contribution in [2.75, 3.05) is 12.4 Å². The zero-order valence-corrected chi connectivity index (χ0v) is 15.2. The molecule has 0 saturated heterocycles. The number of Topliss-reactive ketones (excluding diaryl/α,β-unsaturated/α-hetero) is 1. The summed E-state index contributed by atoms with van der Waals surface area (Å²) in [6.45, 7) is 1.87. The Bertz CT molecular complexity index is 974. The molecule has 3 aromatic rings. The number of nitrogens with one attached hydrogen (secondary N) is 1. The minimum absolute atomic E-state index is 0.0338. The summed E-state index contributed by atoms with van der Waals surface area (Å²) in [6.07, 6.45) is 0.138. The van der Waals surface area contributed by atoms with Crippen LogP contribution in [0.4, 0.5) is 5.82 Å². The van der Waals surface area contributed by atoms with E-state index in [1.165, 1.54) is 11.3 Å². The summed E-state index contributed by atoms with van der Waals surface area (Å²) in [5, 5.41) is 9.33. The van der Waals surface area contributed by atoms with E-state index in [1.807, 2.05) is 42.6 Å². The van der Waals surface area contributed by atoms with Crippen LogP contribution in [-0.4, -0.2) is 28.6 Å². The van der Waals surface area contributed by atoms with Crippen molar-refractivity contribution in [1.29, 1.82) is 0 Å². The summed E-state index contributed by atoms with van der Waals surface area (Å²) < 4.78 is 6.86. The molecule has 1 aromatic carbocycles. The Balaban J connectivity index is 1.80. The molecule has 0 saturated carbocycles. The second kappa shape index (κ2) is 6.42. The highest BCUT2D eigenvalue weighted by Crippen LogP contribution is 2.38. The molecule has 3 heterocycles. The number of rotatable bonds is 4. The van der Waals surface area contributed by atoms with E-state index in [9.17, 15) is 9.59 Å². The number of anilines is 1. The van der Waals surface area contributed by atoms with Gasteiger partial charge >= 0.3 is 0 Å². The molecule has 2 aromatic heterocycles. The lowest BCUT2D eigenvalue weighted by molar-refractivity contribution is -0.116. The molecular formula is C19H17N3O3S. The minimum atomic E-state index is -0.510. The second-order valence-corrected chi connectivity index (χ2v) is 7.05. The molecule has 0 radical (unpaired) electrons. The van der Waals surface area contributed by atoms with Gasteiger partial charge in [0.25, 0.3) is 0 Å². The molecule has 1 atom stereocenters. The van der Waals surface area contributed by atoms with Gasteiger partial charge in [-0.25, -0.2) is 4.68 Å². The van der Waals surface area contributed by atoms with Crippen LogP contribution in [-0.2, 0) is 4.79 Å². The van der Waals surface area contributed by atoms with Crippen LogP contribution >= 0.6 is 11.3 Å². The molecule has 0 fully saturated rings. The van der Waals surface area contributed by atoms with E-state index in [2.05, 4.69) is 10.4 Å². The molecule has 1 N–H and O–H groups in total. The van der Waals surface area contributed by atoms with E-state index < -0.39 is 5.92 Å². The van der Waals surface area contributed by atoms with Crippen molar-refractivity contribution in [2.45, 2.75) is 19.3 Å². The van der Waals surface area contributed by atoms with Gasteiger partial charge in [0.15, 0.2) is 5.78 Å². The van der Waals surface area contributed by atoms with Gasteiger partial charge in [-0.05, 0) is 42.6 Å². The smallest absolute Gasteiger partial charge is 0.226 e. The summed E-state index contributed by atoms with van der Waals surface area (Å²) in [6, 6.07) is 11.0. The highest BCUT2D eigenvalue weighted by Gasteiger charge is 2.36. The van der Waals surface area contributed by atoms with Gasteiger partial charge in [0.1, 0.15) is 11.6 Å². The molecule has 0 bridgehead atoms. The highest BCUT2D eigenvalue weighted by atomic mass is 32.1. The van der Waals surface area contributed by atoms with Gasteiger partial charge in [-0.1, -0.05) is 6.07 Å². The van der Waals surface area contributed by atoms with Gasteiger partial charge in [-0.2, -0.15) is 5.10 Å². The van der Waals surface area contributed by atoms with E-state index in [-0.39, 0.29) is 18.1 Å². The summed E-state index contributed by atoms with van der Waals surface area (Å²) in [4.78, 5) is 25.9. The normalized spacial score (nSPS) is 16.1. The third kappa shape index (κ3) is 2.70. The number of aromatic nitrogens is 2. The van der Waals surface area contributed by atoms with E-state index in [0.717, 1.165) is 22.7 Å². The first-order chi connectivity index (χ1) is 12.6. The van der Waals surface area contributed by atoms with Gasteiger partial charge in [0.2, 0.25) is 5.91 Å². The standard InChI is InChI=1S/C19H17N3O3S/c1-11-17-14(18(24)15-4-3-9-26-15)10-16(23)20-19(17)22(21-11)12-5-7-13(25-2)8-6-12/h3-9,14H,10H2,1-2H3,(H,20,23). The summed E-state index contributed by atoms with van der Waals surface area (Å²) in [5.41, 5.74) is 2.32. The van der Waals surface area contributed by atoms with E-state index in [4.69, 9.17) is 4.74 Å². The fraction of sp³-hybridized carbons (Fsp3) is 0.211. The molecule has 1 unspecified atom stereocenters.